The zero-order valence-electron chi connectivity index (χ0n) is 20.3. The quantitative estimate of drug-likeness (QED) is 0.174. The molecule has 0 radical (unpaired) electrons. The van der Waals surface area contributed by atoms with E-state index < -0.39 is 8.32 Å². The maximum absolute atomic E-state index is 6.55. The topological polar surface area (TPSA) is 36.9 Å². The number of unbranched alkanes of at least 4 members (excludes halogenated alkanes) is 1. The monoisotopic (exact) mass is 434 g/mol. The highest BCUT2D eigenvalue weighted by atomic mass is 28.4. The molecule has 0 heterocycles. The Morgan fingerprint density at radius 3 is 2.33 bits per heavy atom. The van der Waals surface area contributed by atoms with Crippen LogP contribution in [0.15, 0.2) is 30.3 Å². The summed E-state index contributed by atoms with van der Waals surface area (Å²) in [5.41, 5.74) is 1.20. The maximum Gasteiger partial charge on any atom is 0.192 e. The Hall–Kier alpha value is -1.16. The molecule has 1 rings (SSSR count). The molecule has 0 bridgehead atoms. The number of hydrogen-bond donors (Lipinski definition) is 0. The standard InChI is InChI=1S/C25H42O4Si/c1-21(15-11-10-14-18-27-19-23-16-12-9-13-17-23)24(28-20-26-6)22(2)29-30(7,8)25(3,4)5/h9,12-13,16-17,21-22,24H,10,14,18-20H2,1-8H3/t21-,22+,24-/m1/s1. The number of hydrogen-bond acceptors (Lipinski definition) is 4. The fourth-order valence-electron chi connectivity index (χ4n) is 2.88. The highest BCUT2D eigenvalue weighted by Gasteiger charge is 2.40. The summed E-state index contributed by atoms with van der Waals surface area (Å²) in [7, 11) is -0.241. The van der Waals surface area contributed by atoms with Gasteiger partial charge in [-0.2, -0.15) is 0 Å². The Kier molecular flexibility index (Phi) is 11.9. The van der Waals surface area contributed by atoms with Gasteiger partial charge in [-0.15, -0.1) is 5.92 Å². The van der Waals surface area contributed by atoms with Crippen molar-refractivity contribution < 1.29 is 18.6 Å². The number of benzene rings is 1. The van der Waals surface area contributed by atoms with E-state index in [2.05, 4.69) is 71.7 Å². The van der Waals surface area contributed by atoms with E-state index in [0.29, 0.717) is 13.2 Å². The van der Waals surface area contributed by atoms with Gasteiger partial charge in [0.2, 0.25) is 0 Å². The molecule has 0 aliphatic rings. The molecule has 4 nitrogen and oxygen atoms in total. The van der Waals surface area contributed by atoms with Crippen molar-refractivity contribution in [1.29, 1.82) is 0 Å². The molecular formula is C25H42O4Si. The van der Waals surface area contributed by atoms with E-state index in [-0.39, 0.29) is 30.0 Å². The molecule has 0 saturated carbocycles. The molecule has 0 fully saturated rings. The average Bonchev–Trinajstić information content (AvgIpc) is 2.67. The number of methoxy groups -OCH3 is 1. The lowest BCUT2D eigenvalue weighted by atomic mass is 10.0. The van der Waals surface area contributed by atoms with Crippen molar-refractivity contribution in [2.45, 2.75) is 84.4 Å². The number of rotatable bonds is 12. The van der Waals surface area contributed by atoms with Crippen LogP contribution in [0.4, 0.5) is 0 Å². The van der Waals surface area contributed by atoms with E-state index >= 15 is 0 Å². The van der Waals surface area contributed by atoms with Gasteiger partial charge in [0, 0.05) is 26.1 Å². The van der Waals surface area contributed by atoms with Crippen LogP contribution in [-0.4, -0.2) is 41.0 Å². The second kappa shape index (κ2) is 13.3. The van der Waals surface area contributed by atoms with Crippen molar-refractivity contribution in [1.82, 2.24) is 0 Å². The predicted molar refractivity (Wildman–Crippen MR) is 127 cm³/mol. The third kappa shape index (κ3) is 9.76. The minimum Gasteiger partial charge on any atom is -0.412 e. The van der Waals surface area contributed by atoms with Crippen molar-refractivity contribution in [2.24, 2.45) is 5.92 Å². The van der Waals surface area contributed by atoms with Gasteiger partial charge < -0.3 is 18.6 Å². The average molecular weight is 435 g/mol. The van der Waals surface area contributed by atoms with Gasteiger partial charge in [0.1, 0.15) is 6.79 Å². The van der Waals surface area contributed by atoms with Crippen LogP contribution in [-0.2, 0) is 25.2 Å². The van der Waals surface area contributed by atoms with Crippen molar-refractivity contribution in [3.8, 4) is 11.8 Å². The molecule has 30 heavy (non-hydrogen) atoms. The first-order valence-electron chi connectivity index (χ1n) is 11.0. The van der Waals surface area contributed by atoms with Gasteiger partial charge in [-0.1, -0.05) is 57.0 Å². The zero-order chi connectivity index (χ0) is 22.6. The Balaban J connectivity index is 2.51. The third-order valence-corrected chi connectivity index (χ3v) is 10.2. The summed E-state index contributed by atoms with van der Waals surface area (Å²) in [5.74, 6) is 6.71. The number of ether oxygens (including phenoxy) is 3. The molecule has 1 aromatic carbocycles. The molecule has 1 aromatic rings. The SMILES string of the molecule is COCO[C@H]([C@H](C)C#CCCCOCc1ccccc1)[C@H](C)O[Si](C)(C)C(C)(C)C. The Morgan fingerprint density at radius 1 is 1.07 bits per heavy atom. The lowest BCUT2D eigenvalue weighted by molar-refractivity contribution is -0.116. The van der Waals surface area contributed by atoms with Gasteiger partial charge in [0.25, 0.3) is 0 Å². The zero-order valence-corrected chi connectivity index (χ0v) is 21.3. The third-order valence-electron chi connectivity index (χ3n) is 5.65. The molecule has 0 aliphatic heterocycles. The van der Waals surface area contributed by atoms with E-state index in [4.69, 9.17) is 18.6 Å². The lowest BCUT2D eigenvalue weighted by Gasteiger charge is -2.40. The molecule has 170 valence electrons. The lowest BCUT2D eigenvalue weighted by Crippen LogP contribution is -2.48. The van der Waals surface area contributed by atoms with E-state index in [0.717, 1.165) is 12.8 Å². The second-order valence-corrected chi connectivity index (χ2v) is 14.1. The minimum absolute atomic E-state index is 0.0421. The first-order chi connectivity index (χ1) is 14.1. The fraction of sp³-hybridized carbons (Fsp3) is 0.680. The van der Waals surface area contributed by atoms with Crippen molar-refractivity contribution >= 4 is 8.32 Å². The van der Waals surface area contributed by atoms with Crippen LogP contribution in [0.5, 0.6) is 0 Å². The summed E-state index contributed by atoms with van der Waals surface area (Å²) in [6.07, 6.45) is 1.57. The first kappa shape index (κ1) is 26.9. The summed E-state index contributed by atoms with van der Waals surface area (Å²) in [5, 5.41) is 0.154. The molecule has 0 amide bonds. The second-order valence-electron chi connectivity index (χ2n) is 9.37. The van der Waals surface area contributed by atoms with Gasteiger partial charge in [-0.3, -0.25) is 0 Å². The molecule has 5 heteroatoms. The van der Waals surface area contributed by atoms with Crippen LogP contribution in [0.25, 0.3) is 0 Å². The minimum atomic E-state index is -1.88. The van der Waals surface area contributed by atoms with Gasteiger partial charge in [0.05, 0.1) is 18.8 Å². The summed E-state index contributed by atoms with van der Waals surface area (Å²) in [6, 6.07) is 10.2. The largest absolute Gasteiger partial charge is 0.412 e. The molecule has 3 atom stereocenters. The summed E-state index contributed by atoms with van der Waals surface area (Å²) in [6.45, 7) is 17.1. The molecule has 0 saturated heterocycles. The molecule has 0 aromatic heterocycles. The highest BCUT2D eigenvalue weighted by Crippen LogP contribution is 2.38. The highest BCUT2D eigenvalue weighted by molar-refractivity contribution is 6.74. The smallest absolute Gasteiger partial charge is 0.192 e. The van der Waals surface area contributed by atoms with E-state index in [1.807, 2.05) is 18.2 Å². The van der Waals surface area contributed by atoms with E-state index in [1.54, 1.807) is 7.11 Å². The Morgan fingerprint density at radius 2 is 1.73 bits per heavy atom. The van der Waals surface area contributed by atoms with Gasteiger partial charge in [-0.25, -0.2) is 0 Å². The molecule has 0 spiro atoms. The summed E-state index contributed by atoms with van der Waals surface area (Å²) in [4.78, 5) is 0. The van der Waals surface area contributed by atoms with Gasteiger partial charge in [-0.05, 0) is 44.0 Å². The Labute approximate surface area is 185 Å². The van der Waals surface area contributed by atoms with Crippen LogP contribution in [0.1, 0.15) is 53.0 Å². The van der Waals surface area contributed by atoms with Gasteiger partial charge >= 0.3 is 0 Å². The normalized spacial score (nSPS) is 15.2. The van der Waals surface area contributed by atoms with Crippen LogP contribution >= 0.6 is 0 Å². The Bertz CT molecular complexity index is 643. The van der Waals surface area contributed by atoms with Crippen LogP contribution in [0.3, 0.4) is 0 Å². The van der Waals surface area contributed by atoms with E-state index in [9.17, 15) is 0 Å². The van der Waals surface area contributed by atoms with Crippen LogP contribution in [0.2, 0.25) is 18.1 Å². The fourth-order valence-corrected chi connectivity index (χ4v) is 4.30. The molecule has 0 unspecified atom stereocenters. The van der Waals surface area contributed by atoms with Crippen molar-refractivity contribution in [3.63, 3.8) is 0 Å². The first-order valence-corrected chi connectivity index (χ1v) is 13.9. The molecular weight excluding hydrogens is 392 g/mol. The van der Waals surface area contributed by atoms with Crippen LogP contribution in [0, 0.1) is 17.8 Å². The van der Waals surface area contributed by atoms with Crippen LogP contribution < -0.4 is 0 Å². The summed E-state index contributed by atoms with van der Waals surface area (Å²) < 4.78 is 23.4. The molecule has 0 aliphatic carbocycles. The predicted octanol–water partition coefficient (Wildman–Crippen LogP) is 6.02. The van der Waals surface area contributed by atoms with Gasteiger partial charge in [0.15, 0.2) is 8.32 Å². The molecule has 0 N–H and O–H groups in total. The maximum atomic E-state index is 6.55. The van der Waals surface area contributed by atoms with Crippen molar-refractivity contribution in [2.75, 3.05) is 20.5 Å². The summed E-state index contributed by atoms with van der Waals surface area (Å²) >= 11 is 0. The van der Waals surface area contributed by atoms with Crippen molar-refractivity contribution in [3.05, 3.63) is 35.9 Å². The van der Waals surface area contributed by atoms with E-state index in [1.165, 1.54) is 5.56 Å².